The summed E-state index contributed by atoms with van der Waals surface area (Å²) >= 11 is 0. The molecule has 6 heteroatoms. The highest BCUT2D eigenvalue weighted by molar-refractivity contribution is 5.90. The second-order valence-corrected chi connectivity index (χ2v) is 5.68. The molecule has 0 saturated heterocycles. The first kappa shape index (κ1) is 14.7. The zero-order valence-electron chi connectivity index (χ0n) is 13.1. The van der Waals surface area contributed by atoms with Crippen LogP contribution >= 0.6 is 0 Å². The zero-order valence-corrected chi connectivity index (χ0v) is 13.1. The molecule has 2 amide bonds. The van der Waals surface area contributed by atoms with Crippen molar-refractivity contribution < 1.29 is 19.0 Å². The Hall–Kier alpha value is -2.89. The average Bonchev–Trinajstić information content (AvgIpc) is 2.62. The third-order valence-electron chi connectivity index (χ3n) is 4.06. The fourth-order valence-electron chi connectivity index (χ4n) is 2.94. The topological polar surface area (TPSA) is 68.8 Å². The maximum absolute atomic E-state index is 12.3. The van der Waals surface area contributed by atoms with Gasteiger partial charge < -0.3 is 24.8 Å². The number of fused-ring (bicyclic) bond motifs is 2. The van der Waals surface area contributed by atoms with Crippen LogP contribution in [-0.2, 0) is 0 Å². The van der Waals surface area contributed by atoms with Crippen molar-refractivity contribution in [3.8, 4) is 17.2 Å². The predicted molar refractivity (Wildman–Crippen MR) is 88.9 cm³/mol. The van der Waals surface area contributed by atoms with E-state index >= 15 is 0 Å². The number of carbonyl (C=O) groups excluding carboxylic acids is 1. The van der Waals surface area contributed by atoms with Crippen LogP contribution in [0.25, 0.3) is 0 Å². The SMILES string of the molecule is O=C(Nc1ccc2c(c1)OCCO2)NC1CCOc2ccccc21. The molecule has 6 nitrogen and oxygen atoms in total. The normalized spacial score (nSPS) is 18.1. The summed E-state index contributed by atoms with van der Waals surface area (Å²) in [6.45, 7) is 1.65. The average molecular weight is 326 g/mol. The summed E-state index contributed by atoms with van der Waals surface area (Å²) in [6.07, 6.45) is 0.742. The minimum Gasteiger partial charge on any atom is -0.493 e. The molecule has 24 heavy (non-hydrogen) atoms. The van der Waals surface area contributed by atoms with Crippen molar-refractivity contribution in [1.29, 1.82) is 0 Å². The van der Waals surface area contributed by atoms with Crippen LogP contribution in [0.3, 0.4) is 0 Å². The van der Waals surface area contributed by atoms with Crippen molar-refractivity contribution in [1.82, 2.24) is 5.32 Å². The summed E-state index contributed by atoms with van der Waals surface area (Å²) in [5, 5.41) is 5.85. The van der Waals surface area contributed by atoms with Gasteiger partial charge >= 0.3 is 6.03 Å². The number of hydrogen-bond donors (Lipinski definition) is 2. The minimum absolute atomic E-state index is 0.0628. The summed E-state index contributed by atoms with van der Waals surface area (Å²) < 4.78 is 16.6. The fraction of sp³-hybridized carbons (Fsp3) is 0.278. The molecule has 0 bridgehead atoms. The van der Waals surface area contributed by atoms with E-state index in [0.717, 1.165) is 17.7 Å². The molecule has 2 aromatic carbocycles. The zero-order chi connectivity index (χ0) is 16.4. The Labute approximate surface area is 139 Å². The van der Waals surface area contributed by atoms with Gasteiger partial charge in [0.25, 0.3) is 0 Å². The monoisotopic (exact) mass is 326 g/mol. The summed E-state index contributed by atoms with van der Waals surface area (Å²) in [5.74, 6) is 2.18. The van der Waals surface area contributed by atoms with Crippen LogP contribution in [0.4, 0.5) is 10.5 Å². The number of para-hydroxylation sites is 1. The van der Waals surface area contributed by atoms with Gasteiger partial charge in [-0.3, -0.25) is 0 Å². The highest BCUT2D eigenvalue weighted by Gasteiger charge is 2.22. The van der Waals surface area contributed by atoms with Crippen molar-refractivity contribution in [2.45, 2.75) is 12.5 Å². The van der Waals surface area contributed by atoms with Gasteiger partial charge in [-0.1, -0.05) is 18.2 Å². The molecule has 0 aromatic heterocycles. The Morgan fingerprint density at radius 2 is 1.71 bits per heavy atom. The molecule has 4 rings (SSSR count). The lowest BCUT2D eigenvalue weighted by Gasteiger charge is -2.26. The van der Waals surface area contributed by atoms with Gasteiger partial charge in [0.05, 0.1) is 12.6 Å². The van der Waals surface area contributed by atoms with E-state index in [1.807, 2.05) is 24.3 Å². The van der Waals surface area contributed by atoms with Crippen LogP contribution < -0.4 is 24.8 Å². The highest BCUT2D eigenvalue weighted by atomic mass is 16.6. The number of benzene rings is 2. The number of nitrogens with one attached hydrogen (secondary N) is 2. The molecule has 2 aliphatic rings. The number of anilines is 1. The fourth-order valence-corrected chi connectivity index (χ4v) is 2.94. The first-order valence-electron chi connectivity index (χ1n) is 7.98. The first-order valence-corrected chi connectivity index (χ1v) is 7.98. The third kappa shape index (κ3) is 2.95. The molecule has 0 saturated carbocycles. The van der Waals surface area contributed by atoms with Crippen molar-refractivity contribution >= 4 is 11.7 Å². The molecule has 0 aliphatic carbocycles. The third-order valence-corrected chi connectivity index (χ3v) is 4.06. The van der Waals surface area contributed by atoms with Crippen molar-refractivity contribution in [2.24, 2.45) is 0 Å². The van der Waals surface area contributed by atoms with Crippen LogP contribution in [0.15, 0.2) is 42.5 Å². The van der Waals surface area contributed by atoms with Crippen molar-refractivity contribution in [3.05, 3.63) is 48.0 Å². The Kier molecular flexibility index (Phi) is 3.86. The number of carbonyl (C=O) groups is 1. The minimum atomic E-state index is -0.256. The van der Waals surface area contributed by atoms with Gasteiger partial charge in [-0.15, -0.1) is 0 Å². The van der Waals surface area contributed by atoms with Gasteiger partial charge in [0, 0.05) is 23.7 Å². The van der Waals surface area contributed by atoms with E-state index in [-0.39, 0.29) is 12.1 Å². The predicted octanol–water partition coefficient (Wildman–Crippen LogP) is 3.10. The van der Waals surface area contributed by atoms with Gasteiger partial charge in [-0.05, 0) is 18.2 Å². The Balaban J connectivity index is 1.44. The second-order valence-electron chi connectivity index (χ2n) is 5.68. The van der Waals surface area contributed by atoms with Gasteiger partial charge in [0.15, 0.2) is 11.5 Å². The molecule has 1 atom stereocenters. The number of rotatable bonds is 2. The maximum atomic E-state index is 12.3. The van der Waals surface area contributed by atoms with Crippen LogP contribution in [0.2, 0.25) is 0 Å². The number of ether oxygens (including phenoxy) is 3. The first-order chi connectivity index (χ1) is 11.8. The molecule has 2 aromatic rings. The standard InChI is InChI=1S/C18H18N2O4/c21-18(19-12-5-6-16-17(11-12)24-10-9-23-16)20-14-7-8-22-15-4-2-1-3-13(14)15/h1-6,11,14H,7-10H2,(H2,19,20,21). The smallest absolute Gasteiger partial charge is 0.319 e. The maximum Gasteiger partial charge on any atom is 0.319 e. The molecule has 124 valence electrons. The van der Waals surface area contributed by atoms with Gasteiger partial charge in [-0.25, -0.2) is 4.79 Å². The van der Waals surface area contributed by atoms with Crippen LogP contribution in [0.1, 0.15) is 18.0 Å². The quantitative estimate of drug-likeness (QED) is 0.890. The van der Waals surface area contributed by atoms with Crippen LogP contribution in [0.5, 0.6) is 17.2 Å². The molecule has 0 spiro atoms. The van der Waals surface area contributed by atoms with E-state index in [9.17, 15) is 4.79 Å². The Morgan fingerprint density at radius 1 is 0.917 bits per heavy atom. The lowest BCUT2D eigenvalue weighted by Crippen LogP contribution is -2.35. The Morgan fingerprint density at radius 3 is 2.62 bits per heavy atom. The molecule has 2 N–H and O–H groups in total. The van der Waals surface area contributed by atoms with E-state index in [2.05, 4.69) is 10.6 Å². The Bertz CT molecular complexity index is 762. The van der Waals surface area contributed by atoms with E-state index in [0.29, 0.717) is 37.0 Å². The molecular weight excluding hydrogens is 308 g/mol. The summed E-state index contributed by atoms with van der Waals surface area (Å²) in [5.41, 5.74) is 1.66. The number of hydrogen-bond acceptors (Lipinski definition) is 4. The summed E-state index contributed by atoms with van der Waals surface area (Å²) in [6, 6.07) is 12.8. The number of urea groups is 1. The van der Waals surface area contributed by atoms with Crippen molar-refractivity contribution in [3.63, 3.8) is 0 Å². The molecule has 0 radical (unpaired) electrons. The van der Waals surface area contributed by atoms with E-state index in [1.165, 1.54) is 0 Å². The highest BCUT2D eigenvalue weighted by Crippen LogP contribution is 2.33. The van der Waals surface area contributed by atoms with Crippen LogP contribution in [-0.4, -0.2) is 25.9 Å². The lowest BCUT2D eigenvalue weighted by molar-refractivity contribution is 0.171. The molecule has 2 aliphatic heterocycles. The van der Waals surface area contributed by atoms with E-state index in [4.69, 9.17) is 14.2 Å². The van der Waals surface area contributed by atoms with Gasteiger partial charge in [0.1, 0.15) is 19.0 Å². The van der Waals surface area contributed by atoms with E-state index < -0.39 is 0 Å². The van der Waals surface area contributed by atoms with E-state index in [1.54, 1.807) is 18.2 Å². The van der Waals surface area contributed by atoms with Crippen LogP contribution in [0, 0.1) is 0 Å². The number of amides is 2. The molecule has 2 heterocycles. The molecular formula is C18H18N2O4. The molecule has 1 unspecified atom stereocenters. The lowest BCUT2D eigenvalue weighted by atomic mass is 10.0. The van der Waals surface area contributed by atoms with Crippen molar-refractivity contribution in [2.75, 3.05) is 25.1 Å². The summed E-state index contributed by atoms with van der Waals surface area (Å²) in [4.78, 5) is 12.3. The summed E-state index contributed by atoms with van der Waals surface area (Å²) in [7, 11) is 0. The van der Waals surface area contributed by atoms with Gasteiger partial charge in [-0.2, -0.15) is 0 Å². The second kappa shape index (κ2) is 6.31. The van der Waals surface area contributed by atoms with Gasteiger partial charge in [0.2, 0.25) is 0 Å². The largest absolute Gasteiger partial charge is 0.493 e. The molecule has 0 fully saturated rings.